The minimum atomic E-state index is -3.83. The summed E-state index contributed by atoms with van der Waals surface area (Å²) >= 11 is 3.59. The normalized spacial score (nSPS) is 17.7. The maximum Gasteiger partial charge on any atom is 0.330 e. The van der Waals surface area contributed by atoms with Crippen LogP contribution in [0.3, 0.4) is 0 Å². The summed E-state index contributed by atoms with van der Waals surface area (Å²) < 4.78 is 43.5. The molecule has 0 amide bonds. The summed E-state index contributed by atoms with van der Waals surface area (Å²) in [6, 6.07) is 3.02. The second kappa shape index (κ2) is 10.3. The first-order chi connectivity index (χ1) is 12.9. The smallest absolute Gasteiger partial charge is 0.330 e. The Hall–Kier alpha value is -1.36. The third-order valence-corrected chi connectivity index (χ3v) is 8.03. The zero-order chi connectivity index (χ0) is 19.9. The van der Waals surface area contributed by atoms with Gasteiger partial charge < -0.3 is 14.2 Å². The molecule has 0 unspecified atom stereocenters. The third kappa shape index (κ3) is 6.06. The van der Waals surface area contributed by atoms with E-state index in [-0.39, 0.29) is 21.6 Å². The molecule has 0 spiro atoms. The minimum Gasteiger partial charge on any atom is -0.493 e. The number of esters is 1. The van der Waals surface area contributed by atoms with Gasteiger partial charge in [-0.1, -0.05) is 0 Å². The van der Waals surface area contributed by atoms with Crippen molar-refractivity contribution in [3.8, 4) is 11.5 Å². The maximum absolute atomic E-state index is 12.9. The fourth-order valence-corrected chi connectivity index (χ4v) is 6.43. The molecule has 2 rings (SSSR count). The third-order valence-electron chi connectivity index (χ3n) is 3.76. The van der Waals surface area contributed by atoms with Gasteiger partial charge in [0.2, 0.25) is 10.0 Å². The highest BCUT2D eigenvalue weighted by molar-refractivity contribution is 8.06. The van der Waals surface area contributed by atoms with Crippen LogP contribution >= 0.6 is 23.5 Å². The van der Waals surface area contributed by atoms with Crippen molar-refractivity contribution in [2.45, 2.75) is 10.1 Å². The molecule has 0 bridgehead atoms. The van der Waals surface area contributed by atoms with E-state index in [4.69, 9.17) is 9.47 Å². The van der Waals surface area contributed by atoms with E-state index in [1.54, 1.807) is 17.8 Å². The molecule has 7 nitrogen and oxygen atoms in total. The summed E-state index contributed by atoms with van der Waals surface area (Å²) in [5, 5.41) is 0.230. The van der Waals surface area contributed by atoms with Crippen LogP contribution in [0.15, 0.2) is 23.1 Å². The van der Waals surface area contributed by atoms with Crippen molar-refractivity contribution in [1.29, 1.82) is 0 Å². The monoisotopic (exact) mass is 433 g/mol. The summed E-state index contributed by atoms with van der Waals surface area (Å²) in [5.74, 6) is 2.85. The van der Waals surface area contributed by atoms with Gasteiger partial charge in [-0.15, -0.1) is 0 Å². The number of carbonyl (C=O) groups excluding carboxylic acids is 1. The number of hydrogen-bond acceptors (Lipinski definition) is 8. The van der Waals surface area contributed by atoms with Gasteiger partial charge in [0.25, 0.3) is 0 Å². The lowest BCUT2D eigenvalue weighted by Gasteiger charge is -2.21. The van der Waals surface area contributed by atoms with Crippen LogP contribution in [0.5, 0.6) is 11.5 Å². The molecule has 1 N–H and O–H groups in total. The van der Waals surface area contributed by atoms with Crippen LogP contribution < -0.4 is 14.2 Å². The molecule has 1 fully saturated rings. The van der Waals surface area contributed by atoms with Gasteiger partial charge in [-0.25, -0.2) is 17.9 Å². The lowest BCUT2D eigenvalue weighted by Crippen LogP contribution is -2.33. The standard InChI is InChI=1S/C17H23NO6S3/c1-22-14-8-12(4-5-16(19)23-2)9-15(17(14)24-3)27(20,21)18-10-13-11-25-6-7-26-13/h4-5,8-9,13,18H,6-7,10-11H2,1-3H3/b5-4+/t13-/m0/s1. The lowest BCUT2D eigenvalue weighted by molar-refractivity contribution is -0.134. The Kier molecular flexibility index (Phi) is 8.33. The summed E-state index contributed by atoms with van der Waals surface area (Å²) in [6.07, 6.45) is 2.67. The van der Waals surface area contributed by atoms with E-state index in [0.29, 0.717) is 12.1 Å². The van der Waals surface area contributed by atoms with E-state index < -0.39 is 16.0 Å². The molecule has 1 aromatic carbocycles. The summed E-state index contributed by atoms with van der Waals surface area (Å²) in [5.41, 5.74) is 0.473. The average molecular weight is 434 g/mol. The molecule has 0 saturated carbocycles. The summed E-state index contributed by atoms with van der Waals surface area (Å²) in [6.45, 7) is 0.341. The number of ether oxygens (including phenoxy) is 3. The SMILES string of the molecule is COC(=O)/C=C/c1cc(OC)c(OC)c(S(=O)(=O)NC[C@H]2CSCCS2)c1. The van der Waals surface area contributed by atoms with Gasteiger partial charge >= 0.3 is 5.97 Å². The second-order valence-corrected chi connectivity index (χ2v) is 9.82. The Morgan fingerprint density at radius 3 is 2.63 bits per heavy atom. The minimum absolute atomic E-state index is 0.0395. The highest BCUT2D eigenvalue weighted by Gasteiger charge is 2.25. The average Bonchev–Trinajstić information content (AvgIpc) is 2.70. The zero-order valence-electron chi connectivity index (χ0n) is 15.4. The van der Waals surface area contributed by atoms with Crippen molar-refractivity contribution >= 4 is 45.6 Å². The molecule has 0 radical (unpaired) electrons. The Labute approximate surface area is 168 Å². The predicted molar refractivity (Wildman–Crippen MR) is 109 cm³/mol. The van der Waals surface area contributed by atoms with Crippen molar-refractivity contribution in [2.24, 2.45) is 0 Å². The van der Waals surface area contributed by atoms with E-state index >= 15 is 0 Å². The van der Waals surface area contributed by atoms with E-state index in [1.165, 1.54) is 39.5 Å². The molecule has 150 valence electrons. The molecule has 1 atom stereocenters. The van der Waals surface area contributed by atoms with Crippen molar-refractivity contribution in [3.05, 3.63) is 23.8 Å². The van der Waals surface area contributed by atoms with Crippen molar-refractivity contribution in [1.82, 2.24) is 4.72 Å². The Morgan fingerprint density at radius 1 is 1.26 bits per heavy atom. The topological polar surface area (TPSA) is 90.9 Å². The molecular weight excluding hydrogens is 410 g/mol. The number of carbonyl (C=O) groups is 1. The highest BCUT2D eigenvalue weighted by atomic mass is 32.2. The van der Waals surface area contributed by atoms with Crippen molar-refractivity contribution < 1.29 is 27.4 Å². The first-order valence-electron chi connectivity index (χ1n) is 8.12. The van der Waals surface area contributed by atoms with Gasteiger partial charge in [0.15, 0.2) is 11.5 Å². The first kappa shape index (κ1) is 21.9. The molecule has 1 heterocycles. The van der Waals surface area contributed by atoms with Crippen LogP contribution in [0, 0.1) is 0 Å². The van der Waals surface area contributed by atoms with E-state index in [0.717, 1.165) is 17.3 Å². The second-order valence-electron chi connectivity index (χ2n) is 5.53. The van der Waals surface area contributed by atoms with Gasteiger partial charge in [-0.2, -0.15) is 23.5 Å². The van der Waals surface area contributed by atoms with Crippen molar-refractivity contribution in [2.75, 3.05) is 45.1 Å². The van der Waals surface area contributed by atoms with E-state index in [1.807, 2.05) is 11.8 Å². The fourth-order valence-electron chi connectivity index (χ4n) is 2.41. The number of nitrogens with one attached hydrogen (secondary N) is 1. The zero-order valence-corrected chi connectivity index (χ0v) is 17.8. The fraction of sp³-hybridized carbons (Fsp3) is 0.471. The van der Waals surface area contributed by atoms with Crippen LogP contribution in [0.1, 0.15) is 5.56 Å². The largest absolute Gasteiger partial charge is 0.493 e. The van der Waals surface area contributed by atoms with Gasteiger partial charge in [-0.3, -0.25) is 0 Å². The van der Waals surface area contributed by atoms with Crippen LogP contribution in [-0.2, 0) is 19.6 Å². The lowest BCUT2D eigenvalue weighted by atomic mass is 10.2. The van der Waals surface area contributed by atoms with Crippen LogP contribution in [0.25, 0.3) is 6.08 Å². The highest BCUT2D eigenvalue weighted by Crippen LogP contribution is 2.36. The molecular formula is C17H23NO6S3. The van der Waals surface area contributed by atoms with Crippen LogP contribution in [0.2, 0.25) is 0 Å². The molecule has 1 aliphatic rings. The Morgan fingerprint density at radius 2 is 2.04 bits per heavy atom. The number of rotatable bonds is 8. The number of hydrogen-bond donors (Lipinski definition) is 1. The van der Waals surface area contributed by atoms with Crippen LogP contribution in [0.4, 0.5) is 0 Å². The van der Waals surface area contributed by atoms with Gasteiger partial charge in [-0.05, 0) is 23.8 Å². The van der Waals surface area contributed by atoms with Crippen LogP contribution in [-0.4, -0.2) is 64.8 Å². The predicted octanol–water partition coefficient (Wildman–Crippen LogP) is 2.02. The molecule has 10 heteroatoms. The Balaban J connectivity index is 2.33. The molecule has 1 aromatic rings. The molecule has 1 aliphatic heterocycles. The molecule has 0 aromatic heterocycles. The number of benzene rings is 1. The number of thioether (sulfide) groups is 2. The first-order valence-corrected chi connectivity index (χ1v) is 11.8. The quantitative estimate of drug-likeness (QED) is 0.492. The van der Waals surface area contributed by atoms with Gasteiger partial charge in [0, 0.05) is 35.1 Å². The van der Waals surface area contributed by atoms with Gasteiger partial charge in [0.1, 0.15) is 4.90 Å². The van der Waals surface area contributed by atoms with Crippen molar-refractivity contribution in [3.63, 3.8) is 0 Å². The van der Waals surface area contributed by atoms with Gasteiger partial charge in [0.05, 0.1) is 21.3 Å². The molecule has 1 saturated heterocycles. The number of methoxy groups -OCH3 is 3. The van der Waals surface area contributed by atoms with E-state index in [9.17, 15) is 13.2 Å². The molecule has 27 heavy (non-hydrogen) atoms. The number of sulfonamides is 1. The maximum atomic E-state index is 12.9. The summed E-state index contributed by atoms with van der Waals surface area (Å²) in [7, 11) is 0.243. The summed E-state index contributed by atoms with van der Waals surface area (Å²) in [4.78, 5) is 11.3. The Bertz CT molecular complexity index is 788. The molecule has 0 aliphatic carbocycles. The van der Waals surface area contributed by atoms with E-state index in [2.05, 4.69) is 9.46 Å².